The SMILES string of the molecule is CCC1Oc2cc(SNCc3ccc(C(F)(F)F)cc3)c(Br)cc2NC1=O. The molecule has 2 aromatic rings. The van der Waals surface area contributed by atoms with Crippen molar-refractivity contribution in [3.05, 3.63) is 52.0 Å². The van der Waals surface area contributed by atoms with Gasteiger partial charge < -0.3 is 10.1 Å². The summed E-state index contributed by atoms with van der Waals surface area (Å²) in [5.41, 5.74) is 0.670. The van der Waals surface area contributed by atoms with E-state index in [1.807, 2.05) is 13.0 Å². The highest BCUT2D eigenvalue weighted by Crippen LogP contribution is 2.39. The number of hydrogen-bond donors (Lipinski definition) is 2. The fourth-order valence-corrected chi connectivity index (χ4v) is 3.81. The number of carbonyl (C=O) groups is 1. The number of rotatable bonds is 5. The Balaban J connectivity index is 1.64. The number of carbonyl (C=O) groups excluding carboxylic acids is 1. The van der Waals surface area contributed by atoms with Crippen molar-refractivity contribution >= 4 is 39.5 Å². The number of anilines is 1. The second-order valence-corrected chi connectivity index (χ2v) is 7.69. The number of halogens is 4. The first-order valence-corrected chi connectivity index (χ1v) is 9.75. The lowest BCUT2D eigenvalue weighted by atomic mass is 10.1. The fraction of sp³-hybridized carbons (Fsp3) is 0.278. The molecule has 27 heavy (non-hydrogen) atoms. The van der Waals surface area contributed by atoms with Crippen LogP contribution >= 0.6 is 27.9 Å². The molecule has 4 nitrogen and oxygen atoms in total. The van der Waals surface area contributed by atoms with Crippen molar-refractivity contribution in [2.24, 2.45) is 0 Å². The van der Waals surface area contributed by atoms with Crippen molar-refractivity contribution < 1.29 is 22.7 Å². The molecular weight excluding hydrogens is 445 g/mol. The van der Waals surface area contributed by atoms with Crippen molar-refractivity contribution in [3.63, 3.8) is 0 Å². The predicted molar refractivity (Wildman–Crippen MR) is 102 cm³/mol. The summed E-state index contributed by atoms with van der Waals surface area (Å²) in [5.74, 6) is 0.418. The molecule has 1 aliphatic heterocycles. The monoisotopic (exact) mass is 460 g/mol. The van der Waals surface area contributed by atoms with Crippen molar-refractivity contribution in [2.45, 2.75) is 37.1 Å². The predicted octanol–water partition coefficient (Wildman–Crippen LogP) is 5.37. The summed E-state index contributed by atoms with van der Waals surface area (Å²) in [6.45, 7) is 2.26. The van der Waals surface area contributed by atoms with Gasteiger partial charge in [0.05, 0.1) is 11.3 Å². The number of benzene rings is 2. The maximum Gasteiger partial charge on any atom is 0.416 e. The molecule has 0 aliphatic carbocycles. The number of alkyl halides is 3. The molecule has 1 atom stereocenters. The normalized spacial score (nSPS) is 16.5. The second-order valence-electron chi connectivity index (χ2n) is 5.90. The summed E-state index contributed by atoms with van der Waals surface area (Å²) < 4.78 is 47.4. The molecule has 0 saturated carbocycles. The molecule has 1 aliphatic rings. The molecule has 144 valence electrons. The molecule has 0 saturated heterocycles. The van der Waals surface area contributed by atoms with Gasteiger partial charge in [-0.1, -0.05) is 19.1 Å². The number of amides is 1. The summed E-state index contributed by atoms with van der Waals surface area (Å²) >= 11 is 4.77. The lowest BCUT2D eigenvalue weighted by Gasteiger charge is -2.25. The smallest absolute Gasteiger partial charge is 0.416 e. The molecule has 3 rings (SSSR count). The van der Waals surface area contributed by atoms with Crippen LogP contribution in [-0.2, 0) is 17.5 Å². The van der Waals surface area contributed by atoms with Crippen LogP contribution in [0.4, 0.5) is 18.9 Å². The standard InChI is InChI=1S/C18H16BrF3N2O2S/c1-2-14-17(25)24-13-7-12(19)16(8-15(13)26-14)27-23-9-10-3-5-11(6-4-10)18(20,21)22/h3-8,14,23H,2,9H2,1H3,(H,24,25). The van der Waals surface area contributed by atoms with Crippen molar-refractivity contribution in [3.8, 4) is 5.75 Å². The number of hydrogen-bond acceptors (Lipinski definition) is 4. The summed E-state index contributed by atoms with van der Waals surface area (Å²) in [4.78, 5) is 12.7. The number of fused-ring (bicyclic) bond motifs is 1. The second kappa shape index (κ2) is 8.12. The zero-order valence-corrected chi connectivity index (χ0v) is 16.6. The molecule has 0 radical (unpaired) electrons. The van der Waals surface area contributed by atoms with Crippen LogP contribution in [0.5, 0.6) is 5.75 Å². The fourth-order valence-electron chi connectivity index (χ4n) is 2.51. The summed E-state index contributed by atoms with van der Waals surface area (Å²) in [6.07, 6.45) is -4.28. The van der Waals surface area contributed by atoms with Gasteiger partial charge in [0.2, 0.25) is 0 Å². The molecule has 0 aromatic heterocycles. The van der Waals surface area contributed by atoms with Crippen molar-refractivity contribution in [1.29, 1.82) is 0 Å². The Morgan fingerprint density at radius 1 is 1.26 bits per heavy atom. The highest BCUT2D eigenvalue weighted by molar-refractivity contribution is 9.10. The third kappa shape index (κ3) is 4.77. The number of nitrogens with one attached hydrogen (secondary N) is 2. The first-order chi connectivity index (χ1) is 12.8. The number of ether oxygens (including phenoxy) is 1. The quantitative estimate of drug-likeness (QED) is 0.588. The summed E-state index contributed by atoms with van der Waals surface area (Å²) in [7, 11) is 0. The Morgan fingerprint density at radius 3 is 2.59 bits per heavy atom. The lowest BCUT2D eigenvalue weighted by molar-refractivity contribution is -0.137. The third-order valence-corrected chi connectivity index (χ3v) is 5.73. The van der Waals surface area contributed by atoms with Gasteiger partial charge in [0.1, 0.15) is 5.75 Å². The zero-order valence-electron chi connectivity index (χ0n) is 14.2. The van der Waals surface area contributed by atoms with Gasteiger partial charge in [0.15, 0.2) is 6.10 Å². The molecule has 0 spiro atoms. The molecule has 1 unspecified atom stereocenters. The van der Waals surface area contributed by atoms with E-state index in [4.69, 9.17) is 4.74 Å². The highest BCUT2D eigenvalue weighted by Gasteiger charge is 2.30. The summed E-state index contributed by atoms with van der Waals surface area (Å²) in [6, 6.07) is 8.61. The van der Waals surface area contributed by atoms with E-state index >= 15 is 0 Å². The molecule has 2 aromatic carbocycles. The van der Waals surface area contributed by atoms with Crippen LogP contribution in [0, 0.1) is 0 Å². The van der Waals surface area contributed by atoms with Gasteiger partial charge in [-0.15, -0.1) is 0 Å². The average Bonchev–Trinajstić information content (AvgIpc) is 2.61. The van der Waals surface area contributed by atoms with Crippen LogP contribution in [0.25, 0.3) is 0 Å². The minimum atomic E-state index is -4.33. The first-order valence-electron chi connectivity index (χ1n) is 8.15. The Labute approximate surface area is 167 Å². The zero-order chi connectivity index (χ0) is 19.6. The Kier molecular flexibility index (Phi) is 6.02. The van der Waals surface area contributed by atoms with Gasteiger partial charge in [-0.2, -0.15) is 13.2 Å². The molecule has 0 fully saturated rings. The van der Waals surface area contributed by atoms with E-state index in [2.05, 4.69) is 26.0 Å². The molecule has 9 heteroatoms. The van der Waals surface area contributed by atoms with Gasteiger partial charge in [-0.25, -0.2) is 0 Å². The molecule has 1 heterocycles. The lowest BCUT2D eigenvalue weighted by Crippen LogP contribution is -2.36. The van der Waals surface area contributed by atoms with Gasteiger partial charge in [0.25, 0.3) is 5.91 Å². The van der Waals surface area contributed by atoms with Gasteiger partial charge in [-0.3, -0.25) is 9.52 Å². The van der Waals surface area contributed by atoms with Crippen LogP contribution in [0.15, 0.2) is 45.8 Å². The minimum Gasteiger partial charge on any atom is -0.478 e. The van der Waals surface area contributed by atoms with E-state index in [1.165, 1.54) is 24.1 Å². The van der Waals surface area contributed by atoms with Crippen molar-refractivity contribution in [2.75, 3.05) is 5.32 Å². The van der Waals surface area contributed by atoms with Crippen LogP contribution < -0.4 is 14.8 Å². The maximum absolute atomic E-state index is 12.6. The van der Waals surface area contributed by atoms with Crippen molar-refractivity contribution in [1.82, 2.24) is 4.72 Å². The maximum atomic E-state index is 12.6. The minimum absolute atomic E-state index is 0.169. The first kappa shape index (κ1) is 20.0. The van der Waals surface area contributed by atoms with Gasteiger partial charge in [0, 0.05) is 15.9 Å². The topological polar surface area (TPSA) is 50.4 Å². The average molecular weight is 461 g/mol. The van der Waals surface area contributed by atoms with Gasteiger partial charge in [-0.05, 0) is 64.1 Å². The van der Waals surface area contributed by atoms with E-state index in [0.717, 1.165) is 27.1 Å². The van der Waals surface area contributed by atoms with Crippen LogP contribution in [0.1, 0.15) is 24.5 Å². The van der Waals surface area contributed by atoms with Crippen LogP contribution in [0.3, 0.4) is 0 Å². The van der Waals surface area contributed by atoms with E-state index in [-0.39, 0.29) is 5.91 Å². The Morgan fingerprint density at radius 2 is 1.96 bits per heavy atom. The largest absolute Gasteiger partial charge is 0.478 e. The molecule has 0 bridgehead atoms. The van der Waals surface area contributed by atoms with E-state index in [1.54, 1.807) is 6.07 Å². The van der Waals surface area contributed by atoms with Crippen LogP contribution in [-0.4, -0.2) is 12.0 Å². The Bertz CT molecular complexity index is 844. The molecule has 2 N–H and O–H groups in total. The summed E-state index contributed by atoms with van der Waals surface area (Å²) in [5, 5.41) is 2.81. The van der Waals surface area contributed by atoms with E-state index in [9.17, 15) is 18.0 Å². The molecular formula is C18H16BrF3N2O2S. The molecule has 1 amide bonds. The third-order valence-electron chi connectivity index (χ3n) is 3.96. The Hall–Kier alpha value is -1.71. The highest BCUT2D eigenvalue weighted by atomic mass is 79.9. The van der Waals surface area contributed by atoms with Gasteiger partial charge >= 0.3 is 6.18 Å². The van der Waals surface area contributed by atoms with Crippen LogP contribution in [0.2, 0.25) is 0 Å². The van der Waals surface area contributed by atoms with E-state index in [0.29, 0.717) is 24.4 Å². The van der Waals surface area contributed by atoms with E-state index < -0.39 is 17.8 Å².